The Bertz CT molecular complexity index is 925. The Morgan fingerprint density at radius 3 is 2.62 bits per heavy atom. The van der Waals surface area contributed by atoms with E-state index in [1.165, 1.54) is 4.31 Å². The zero-order chi connectivity index (χ0) is 20.8. The number of fused-ring (bicyclic) bond motifs is 1. The van der Waals surface area contributed by atoms with Gasteiger partial charge in [-0.05, 0) is 69.7 Å². The Hall–Kier alpha value is -1.93. The van der Waals surface area contributed by atoms with E-state index in [9.17, 15) is 18.0 Å². The van der Waals surface area contributed by atoms with Gasteiger partial charge in [-0.3, -0.25) is 9.59 Å². The second-order valence-electron chi connectivity index (χ2n) is 8.28. The molecule has 29 heavy (non-hydrogen) atoms. The van der Waals surface area contributed by atoms with Gasteiger partial charge in [0, 0.05) is 30.7 Å². The van der Waals surface area contributed by atoms with Gasteiger partial charge < -0.3 is 9.64 Å². The fourth-order valence-corrected chi connectivity index (χ4v) is 5.97. The van der Waals surface area contributed by atoms with Crippen LogP contribution in [0, 0.1) is 11.8 Å². The Labute approximate surface area is 172 Å². The van der Waals surface area contributed by atoms with Crippen LogP contribution in [0.3, 0.4) is 0 Å². The van der Waals surface area contributed by atoms with Crippen molar-refractivity contribution in [2.75, 3.05) is 24.6 Å². The van der Waals surface area contributed by atoms with Crippen molar-refractivity contribution in [2.45, 2.75) is 56.9 Å². The van der Waals surface area contributed by atoms with E-state index >= 15 is 0 Å². The third-order valence-corrected chi connectivity index (χ3v) is 7.93. The molecule has 2 atom stereocenters. The first-order valence-corrected chi connectivity index (χ1v) is 11.9. The zero-order valence-corrected chi connectivity index (χ0v) is 17.8. The smallest absolute Gasteiger partial charge is 0.310 e. The van der Waals surface area contributed by atoms with Gasteiger partial charge >= 0.3 is 5.97 Å². The summed E-state index contributed by atoms with van der Waals surface area (Å²) >= 11 is 0. The Kier molecular flexibility index (Phi) is 5.42. The van der Waals surface area contributed by atoms with E-state index in [1.54, 1.807) is 25.1 Å². The Balaban J connectivity index is 1.56. The molecule has 0 N–H and O–H groups in total. The fraction of sp³-hybridized carbons (Fsp3) is 0.619. The summed E-state index contributed by atoms with van der Waals surface area (Å²) in [5.41, 5.74) is 1.72. The highest BCUT2D eigenvalue weighted by molar-refractivity contribution is 7.89. The van der Waals surface area contributed by atoms with Crippen molar-refractivity contribution in [3.05, 3.63) is 23.8 Å². The van der Waals surface area contributed by atoms with Gasteiger partial charge in [-0.2, -0.15) is 4.31 Å². The minimum Gasteiger partial charge on any atom is -0.466 e. The molecule has 3 aliphatic rings. The van der Waals surface area contributed by atoms with Crippen LogP contribution in [0.5, 0.6) is 0 Å². The number of hydrogen-bond donors (Lipinski definition) is 0. The minimum absolute atomic E-state index is 0.0410. The molecule has 0 spiro atoms. The van der Waals surface area contributed by atoms with Crippen LogP contribution in [0.2, 0.25) is 0 Å². The van der Waals surface area contributed by atoms with E-state index < -0.39 is 15.9 Å². The molecule has 0 unspecified atom stereocenters. The molecule has 158 valence electrons. The average Bonchev–Trinajstić information content (AvgIpc) is 3.49. The molecule has 8 heteroatoms. The third kappa shape index (κ3) is 3.80. The molecule has 4 rings (SSSR count). The summed E-state index contributed by atoms with van der Waals surface area (Å²) < 4.78 is 32.9. The molecule has 0 radical (unpaired) electrons. The van der Waals surface area contributed by atoms with E-state index in [0.29, 0.717) is 32.4 Å². The molecule has 1 saturated heterocycles. The molecule has 1 aromatic carbocycles. The highest BCUT2D eigenvalue weighted by Crippen LogP contribution is 2.40. The summed E-state index contributed by atoms with van der Waals surface area (Å²) in [5.74, 6) is -0.468. The molecule has 1 amide bonds. The van der Waals surface area contributed by atoms with Crippen LogP contribution in [0.4, 0.5) is 5.69 Å². The molecule has 1 aromatic rings. The van der Waals surface area contributed by atoms with E-state index in [2.05, 4.69) is 0 Å². The SMILES string of the molecule is CCOC(=O)[C@@H]1CCCN(S(=O)(=O)c2ccc3c(c2)C[C@H](C)N3C(=O)C2CC2)C1. The van der Waals surface area contributed by atoms with E-state index in [-0.39, 0.29) is 35.3 Å². The number of sulfonamides is 1. The lowest BCUT2D eigenvalue weighted by atomic mass is 10.0. The molecule has 2 fully saturated rings. The van der Waals surface area contributed by atoms with Gasteiger partial charge in [0.2, 0.25) is 15.9 Å². The van der Waals surface area contributed by atoms with Crippen molar-refractivity contribution in [2.24, 2.45) is 11.8 Å². The summed E-state index contributed by atoms with van der Waals surface area (Å²) in [6.07, 6.45) is 3.82. The number of nitrogens with zero attached hydrogens (tertiary/aromatic N) is 2. The normalized spacial score (nSPS) is 25.0. The highest BCUT2D eigenvalue weighted by Gasteiger charge is 2.40. The van der Waals surface area contributed by atoms with E-state index in [0.717, 1.165) is 24.1 Å². The summed E-state index contributed by atoms with van der Waals surface area (Å²) in [6, 6.07) is 5.10. The number of piperidine rings is 1. The molecule has 2 heterocycles. The van der Waals surface area contributed by atoms with Crippen LogP contribution in [-0.4, -0.2) is 50.3 Å². The Morgan fingerprint density at radius 2 is 1.93 bits per heavy atom. The first-order chi connectivity index (χ1) is 13.8. The second-order valence-corrected chi connectivity index (χ2v) is 10.2. The predicted octanol–water partition coefficient (Wildman–Crippen LogP) is 2.34. The van der Waals surface area contributed by atoms with Gasteiger partial charge in [0.1, 0.15) is 0 Å². The molecule has 0 aromatic heterocycles. The standard InChI is InChI=1S/C21H28N2O5S/c1-3-28-21(25)16-5-4-10-22(13-16)29(26,27)18-8-9-19-17(12-18)11-14(2)23(19)20(24)15-6-7-15/h8-9,12,14-16H,3-7,10-11,13H2,1-2H3/t14-,16+/m0/s1. The largest absolute Gasteiger partial charge is 0.466 e. The molecular formula is C21H28N2O5S. The maximum atomic E-state index is 13.2. The number of rotatable bonds is 5. The van der Waals surface area contributed by atoms with Gasteiger partial charge in [-0.1, -0.05) is 0 Å². The van der Waals surface area contributed by atoms with Gasteiger partial charge in [0.15, 0.2) is 0 Å². The molecule has 7 nitrogen and oxygen atoms in total. The number of hydrogen-bond acceptors (Lipinski definition) is 5. The zero-order valence-electron chi connectivity index (χ0n) is 17.0. The minimum atomic E-state index is -3.70. The van der Waals surface area contributed by atoms with Crippen LogP contribution in [0.25, 0.3) is 0 Å². The first kappa shape index (κ1) is 20.3. The van der Waals surface area contributed by atoms with Crippen LogP contribution >= 0.6 is 0 Å². The number of amides is 1. The number of carbonyl (C=O) groups is 2. The van der Waals surface area contributed by atoms with Gasteiger partial charge in [-0.15, -0.1) is 0 Å². The van der Waals surface area contributed by atoms with Crippen LogP contribution in [-0.2, 0) is 30.8 Å². The molecule has 0 bridgehead atoms. The summed E-state index contributed by atoms with van der Waals surface area (Å²) in [7, 11) is -3.70. The number of benzene rings is 1. The number of carbonyl (C=O) groups excluding carboxylic acids is 2. The van der Waals surface area contributed by atoms with E-state index in [1.807, 2.05) is 11.8 Å². The van der Waals surface area contributed by atoms with Gasteiger partial charge in [-0.25, -0.2) is 8.42 Å². The second kappa shape index (κ2) is 7.72. The molecule has 1 saturated carbocycles. The number of ether oxygens (including phenoxy) is 1. The van der Waals surface area contributed by atoms with Gasteiger partial charge in [0.25, 0.3) is 0 Å². The first-order valence-electron chi connectivity index (χ1n) is 10.5. The van der Waals surface area contributed by atoms with Crippen molar-refractivity contribution < 1.29 is 22.7 Å². The summed E-state index contributed by atoms with van der Waals surface area (Å²) in [5, 5.41) is 0. The van der Waals surface area contributed by atoms with Crippen LogP contribution in [0.1, 0.15) is 45.1 Å². The molecular weight excluding hydrogens is 392 g/mol. The Morgan fingerprint density at radius 1 is 1.17 bits per heavy atom. The number of esters is 1. The lowest BCUT2D eigenvalue weighted by molar-refractivity contribution is -0.149. The maximum Gasteiger partial charge on any atom is 0.310 e. The predicted molar refractivity (Wildman–Crippen MR) is 108 cm³/mol. The topological polar surface area (TPSA) is 84.0 Å². The third-order valence-electron chi connectivity index (χ3n) is 6.07. The van der Waals surface area contributed by atoms with Crippen molar-refractivity contribution in [1.82, 2.24) is 4.31 Å². The van der Waals surface area contributed by atoms with Crippen molar-refractivity contribution in [1.29, 1.82) is 0 Å². The fourth-order valence-electron chi connectivity index (χ4n) is 4.39. The van der Waals surface area contributed by atoms with Crippen LogP contribution in [0.15, 0.2) is 23.1 Å². The highest BCUT2D eigenvalue weighted by atomic mass is 32.2. The van der Waals surface area contributed by atoms with Gasteiger partial charge in [0.05, 0.1) is 17.4 Å². The van der Waals surface area contributed by atoms with Crippen LogP contribution < -0.4 is 4.90 Å². The lowest BCUT2D eigenvalue weighted by Gasteiger charge is -2.30. The monoisotopic (exact) mass is 420 g/mol. The average molecular weight is 421 g/mol. The van der Waals surface area contributed by atoms with E-state index in [4.69, 9.17) is 4.74 Å². The van der Waals surface area contributed by atoms with Crippen molar-refractivity contribution >= 4 is 27.6 Å². The lowest BCUT2D eigenvalue weighted by Crippen LogP contribution is -2.42. The maximum absolute atomic E-state index is 13.2. The summed E-state index contributed by atoms with van der Waals surface area (Å²) in [4.78, 5) is 26.8. The molecule has 2 aliphatic heterocycles. The van der Waals surface area contributed by atoms with Crippen molar-refractivity contribution in [3.8, 4) is 0 Å². The quantitative estimate of drug-likeness (QED) is 0.683. The molecule has 1 aliphatic carbocycles. The number of anilines is 1. The summed E-state index contributed by atoms with van der Waals surface area (Å²) in [6.45, 7) is 4.60. The van der Waals surface area contributed by atoms with Crippen molar-refractivity contribution in [3.63, 3.8) is 0 Å².